The molecule has 0 radical (unpaired) electrons. The molecular weight excluding hydrogens is 382 g/mol. The lowest BCUT2D eigenvalue weighted by Gasteiger charge is -2.12. The van der Waals surface area contributed by atoms with Gasteiger partial charge in [-0.1, -0.05) is 31.2 Å². The first kappa shape index (κ1) is 19.1. The summed E-state index contributed by atoms with van der Waals surface area (Å²) < 4.78 is 44.0. The standard InChI is InChI=1S/C16H14F3NOS.CHO2.Al.H/c1-9(22)12-3-2-4-13-14(12)21-15(20-13)10-5-7-11(8-6-10)16(17,18)19;2-1-3;;/h2-3,5,7-9,22H,4,6H2,1H3;(H,2,3);;/q;;+1;/p-1. The number of hydrogen-bond donors (Lipinski definition) is 1. The van der Waals surface area contributed by atoms with Gasteiger partial charge < -0.3 is 9.52 Å². The zero-order valence-electron chi connectivity index (χ0n) is 13.8. The maximum atomic E-state index is 12.7. The van der Waals surface area contributed by atoms with E-state index in [-0.39, 0.29) is 11.7 Å². The molecular formula is C17H15AlF3NO3S. The van der Waals surface area contributed by atoms with Crippen LogP contribution in [0.4, 0.5) is 18.0 Å². The number of nitrogens with zero attached hydrogens (tertiary/aromatic N) is 1. The van der Waals surface area contributed by atoms with Crippen molar-refractivity contribution in [3.05, 3.63) is 52.6 Å². The molecule has 1 unspecified atom stereocenters. The van der Waals surface area contributed by atoms with Crippen molar-refractivity contribution in [2.75, 3.05) is 0 Å². The molecule has 0 amide bonds. The van der Waals surface area contributed by atoms with Crippen molar-refractivity contribution in [2.45, 2.75) is 31.2 Å². The minimum atomic E-state index is -4.36. The molecule has 0 spiro atoms. The topological polar surface area (TPSA) is 63.3 Å². The van der Waals surface area contributed by atoms with Crippen LogP contribution in [0.25, 0.3) is 11.1 Å². The van der Waals surface area contributed by atoms with E-state index in [1.165, 1.54) is 16.2 Å². The Morgan fingerprint density at radius 3 is 2.73 bits per heavy atom. The van der Waals surface area contributed by atoms with Crippen LogP contribution in [0.3, 0.4) is 0 Å². The number of allylic oxidation sites excluding steroid dienone is 6. The van der Waals surface area contributed by atoms with Crippen molar-refractivity contribution >= 4 is 40.2 Å². The van der Waals surface area contributed by atoms with Crippen LogP contribution in [0.1, 0.15) is 19.0 Å². The van der Waals surface area contributed by atoms with Crippen LogP contribution in [-0.2, 0) is 6.42 Å². The zero-order valence-corrected chi connectivity index (χ0v) is 16.1. The molecule has 136 valence electrons. The SMILES string of the molecule is CC([S][AlH][C](=O)O)C1=c2oc(=C3C=CC(C(F)(F)F)=CC3)nc2CC=C1. The van der Waals surface area contributed by atoms with Gasteiger partial charge >= 0.3 is 20.3 Å². The van der Waals surface area contributed by atoms with Crippen LogP contribution in [0.5, 0.6) is 0 Å². The predicted octanol–water partition coefficient (Wildman–Crippen LogP) is 2.69. The molecule has 0 saturated heterocycles. The highest BCUT2D eigenvalue weighted by Crippen LogP contribution is 2.30. The molecule has 9 heteroatoms. The van der Waals surface area contributed by atoms with Gasteiger partial charge in [-0.3, -0.25) is 4.79 Å². The number of alkyl halides is 3. The van der Waals surface area contributed by atoms with Gasteiger partial charge in [0, 0.05) is 22.8 Å². The van der Waals surface area contributed by atoms with Crippen LogP contribution < -0.4 is 11.0 Å². The third-order valence-corrected chi connectivity index (χ3v) is 7.98. The van der Waals surface area contributed by atoms with Crippen LogP contribution in [-0.4, -0.2) is 40.4 Å². The first-order valence-electron chi connectivity index (χ1n) is 7.94. The van der Waals surface area contributed by atoms with E-state index in [2.05, 4.69) is 4.98 Å². The highest BCUT2D eigenvalue weighted by Gasteiger charge is 2.32. The Balaban J connectivity index is 1.96. The van der Waals surface area contributed by atoms with Gasteiger partial charge in [-0.15, -0.1) is 0 Å². The van der Waals surface area contributed by atoms with Gasteiger partial charge in [-0.2, -0.15) is 13.2 Å². The van der Waals surface area contributed by atoms with E-state index in [0.717, 1.165) is 23.4 Å². The number of aromatic nitrogens is 1. The number of rotatable bonds is 4. The van der Waals surface area contributed by atoms with Gasteiger partial charge in [0.2, 0.25) is 10.4 Å². The molecule has 0 aromatic carbocycles. The molecule has 4 nitrogen and oxygen atoms in total. The van der Waals surface area contributed by atoms with Gasteiger partial charge in [-0.05, 0) is 12.5 Å². The maximum Gasteiger partial charge on any atom is 0.491 e. The second kappa shape index (κ2) is 7.51. The van der Waals surface area contributed by atoms with E-state index < -0.39 is 30.7 Å². The summed E-state index contributed by atoms with van der Waals surface area (Å²) in [5.41, 5.74) is 2.44. The molecule has 1 N–H and O–H groups in total. The van der Waals surface area contributed by atoms with E-state index in [9.17, 15) is 18.0 Å². The molecule has 1 aromatic rings. The molecule has 1 atom stereocenters. The molecule has 3 rings (SSSR count). The van der Waals surface area contributed by atoms with Gasteiger partial charge in [0.05, 0.1) is 11.3 Å². The largest absolute Gasteiger partial charge is 0.496 e. The fourth-order valence-electron chi connectivity index (χ4n) is 2.75. The summed E-state index contributed by atoms with van der Waals surface area (Å²) in [5, 5.41) is 8.85. The highest BCUT2D eigenvalue weighted by atomic mass is 32.3. The first-order chi connectivity index (χ1) is 12.3. The van der Waals surface area contributed by atoms with Gasteiger partial charge in [0.1, 0.15) is 0 Å². The lowest BCUT2D eigenvalue weighted by atomic mass is 10.0. The molecule has 1 aromatic heterocycles. The van der Waals surface area contributed by atoms with E-state index in [1.807, 2.05) is 19.1 Å². The minimum Gasteiger partial charge on any atom is -0.496 e. The Morgan fingerprint density at radius 1 is 1.35 bits per heavy atom. The van der Waals surface area contributed by atoms with Crippen LogP contribution in [0.2, 0.25) is 0 Å². The molecule has 0 aliphatic heterocycles. The van der Waals surface area contributed by atoms with Gasteiger partial charge in [-0.25, -0.2) is 15.1 Å². The number of carbonyl (C=O) groups is 1. The molecule has 1 heterocycles. The monoisotopic (exact) mass is 397 g/mol. The molecule has 2 aliphatic carbocycles. The first-order valence-corrected chi connectivity index (χ1v) is 11.4. The van der Waals surface area contributed by atoms with E-state index >= 15 is 0 Å². The lowest BCUT2D eigenvalue weighted by Crippen LogP contribution is -2.19. The van der Waals surface area contributed by atoms with Crippen molar-refractivity contribution in [1.82, 2.24) is 4.98 Å². The number of oxazole rings is 1. The highest BCUT2D eigenvalue weighted by molar-refractivity contribution is 8.25. The van der Waals surface area contributed by atoms with Crippen LogP contribution in [0.15, 0.2) is 40.4 Å². The summed E-state index contributed by atoms with van der Waals surface area (Å²) in [6.45, 7) is 1.92. The van der Waals surface area contributed by atoms with Crippen molar-refractivity contribution in [2.24, 2.45) is 0 Å². The summed E-state index contributed by atoms with van der Waals surface area (Å²) in [5.74, 6) is 0. The average Bonchev–Trinajstić information content (AvgIpc) is 3.03. The second-order valence-electron chi connectivity index (χ2n) is 5.92. The summed E-state index contributed by atoms with van der Waals surface area (Å²) in [4.78, 5) is 14.5. The molecule has 0 bridgehead atoms. The van der Waals surface area contributed by atoms with Gasteiger partial charge in [0.25, 0.3) is 0 Å². The summed E-state index contributed by atoms with van der Waals surface area (Å²) >= 11 is -1.29. The molecule has 26 heavy (non-hydrogen) atoms. The van der Waals surface area contributed by atoms with Crippen molar-refractivity contribution in [3.63, 3.8) is 0 Å². The zero-order chi connectivity index (χ0) is 18.9. The average molecular weight is 397 g/mol. The Bertz CT molecular complexity index is 943. The third-order valence-electron chi connectivity index (χ3n) is 4.07. The normalized spacial score (nSPS) is 19.8. The number of halogens is 3. The number of carboxylic acid groups (broad SMARTS) is 1. The molecule has 0 fully saturated rings. The quantitative estimate of drug-likeness (QED) is 0.792. The summed E-state index contributed by atoms with van der Waals surface area (Å²) in [6, 6.07) is 0. The van der Waals surface area contributed by atoms with E-state index in [0.29, 0.717) is 23.0 Å². The Morgan fingerprint density at radius 2 is 2.12 bits per heavy atom. The van der Waals surface area contributed by atoms with Gasteiger partial charge in [0.15, 0.2) is 5.42 Å². The lowest BCUT2D eigenvalue weighted by molar-refractivity contribution is -0.0884. The van der Waals surface area contributed by atoms with E-state index in [1.54, 1.807) is 0 Å². The fourth-order valence-corrected chi connectivity index (χ4v) is 5.22. The minimum absolute atomic E-state index is 0.0440. The Hall–Kier alpha value is -1.69. The Labute approximate surface area is 156 Å². The molecule has 0 saturated carbocycles. The van der Waals surface area contributed by atoms with Crippen LogP contribution >= 0.6 is 10.1 Å². The molecule has 2 aliphatic rings. The summed E-state index contributed by atoms with van der Waals surface area (Å²) in [6.07, 6.45) is 3.72. The fraction of sp³-hybridized carbons (Fsp3) is 0.294. The van der Waals surface area contributed by atoms with Crippen molar-refractivity contribution in [3.8, 4) is 0 Å². The van der Waals surface area contributed by atoms with E-state index in [4.69, 9.17) is 9.52 Å². The maximum absolute atomic E-state index is 12.7. The number of hydrogen-bond acceptors (Lipinski definition) is 4. The summed E-state index contributed by atoms with van der Waals surface area (Å²) in [7, 11) is 1.41. The van der Waals surface area contributed by atoms with Crippen molar-refractivity contribution < 1.29 is 27.5 Å². The smallest absolute Gasteiger partial charge is 0.491 e. The third kappa shape index (κ3) is 4.17. The number of fused-ring (bicyclic) bond motifs is 1. The predicted molar refractivity (Wildman–Crippen MR) is 95.5 cm³/mol. The van der Waals surface area contributed by atoms with Crippen LogP contribution in [0, 0.1) is 0 Å². The van der Waals surface area contributed by atoms with Crippen molar-refractivity contribution in [1.29, 1.82) is 0 Å². The second-order valence-corrected chi connectivity index (χ2v) is 9.72. The Kier molecular flexibility index (Phi) is 5.51.